The summed E-state index contributed by atoms with van der Waals surface area (Å²) in [6.07, 6.45) is 1.73. The second-order valence-electron chi connectivity index (χ2n) is 5.81. The van der Waals surface area contributed by atoms with Crippen LogP contribution in [0.2, 0.25) is 0 Å². The number of carbonyl (C=O) groups excluding carboxylic acids is 1. The molecule has 5 nitrogen and oxygen atoms in total. The fraction of sp³-hybridized carbons (Fsp3) is 0.571. The SMILES string of the molecule is CN(C)c1ncc(Br)cc1C(=O)N1C[C@H]2CNC[C@H]2C1. The van der Waals surface area contributed by atoms with Crippen LogP contribution in [0.15, 0.2) is 16.7 Å². The largest absolute Gasteiger partial charge is 0.362 e. The number of aromatic nitrogens is 1. The molecule has 2 fully saturated rings. The zero-order valence-electron chi connectivity index (χ0n) is 11.8. The van der Waals surface area contributed by atoms with Crippen LogP contribution in [0.25, 0.3) is 0 Å². The molecule has 0 aromatic carbocycles. The summed E-state index contributed by atoms with van der Waals surface area (Å²) in [6, 6.07) is 1.87. The summed E-state index contributed by atoms with van der Waals surface area (Å²) >= 11 is 3.41. The fourth-order valence-electron chi connectivity index (χ4n) is 3.14. The second kappa shape index (κ2) is 5.33. The lowest BCUT2D eigenvalue weighted by molar-refractivity contribution is 0.0782. The molecule has 2 saturated heterocycles. The molecular weight excluding hydrogens is 320 g/mol. The smallest absolute Gasteiger partial charge is 0.257 e. The summed E-state index contributed by atoms with van der Waals surface area (Å²) < 4.78 is 0.840. The maximum absolute atomic E-state index is 12.8. The topological polar surface area (TPSA) is 48.5 Å². The number of nitrogens with one attached hydrogen (secondary N) is 1. The van der Waals surface area contributed by atoms with Crippen molar-refractivity contribution in [2.45, 2.75) is 0 Å². The molecule has 0 spiro atoms. The van der Waals surface area contributed by atoms with Gasteiger partial charge in [-0.2, -0.15) is 0 Å². The van der Waals surface area contributed by atoms with E-state index in [2.05, 4.69) is 26.2 Å². The van der Waals surface area contributed by atoms with E-state index in [-0.39, 0.29) is 5.91 Å². The minimum Gasteiger partial charge on any atom is -0.362 e. The van der Waals surface area contributed by atoms with Crippen molar-refractivity contribution in [3.05, 3.63) is 22.3 Å². The summed E-state index contributed by atoms with van der Waals surface area (Å²) in [5, 5.41) is 3.40. The van der Waals surface area contributed by atoms with Gasteiger partial charge in [0.2, 0.25) is 0 Å². The molecular formula is C14H19BrN4O. The summed E-state index contributed by atoms with van der Waals surface area (Å²) in [5.41, 5.74) is 0.678. The van der Waals surface area contributed by atoms with E-state index in [4.69, 9.17) is 0 Å². The minimum absolute atomic E-state index is 0.0944. The molecule has 0 aliphatic carbocycles. The number of carbonyl (C=O) groups is 1. The highest BCUT2D eigenvalue weighted by molar-refractivity contribution is 9.10. The quantitative estimate of drug-likeness (QED) is 0.880. The van der Waals surface area contributed by atoms with Crippen LogP contribution < -0.4 is 10.2 Å². The molecule has 1 aromatic heterocycles. The Morgan fingerprint density at radius 1 is 1.40 bits per heavy atom. The fourth-order valence-corrected chi connectivity index (χ4v) is 3.47. The van der Waals surface area contributed by atoms with Gasteiger partial charge in [-0.25, -0.2) is 4.98 Å². The van der Waals surface area contributed by atoms with E-state index in [1.54, 1.807) is 6.20 Å². The molecule has 20 heavy (non-hydrogen) atoms. The number of rotatable bonds is 2. The summed E-state index contributed by atoms with van der Waals surface area (Å²) in [5.74, 6) is 2.05. The standard InChI is InChI=1S/C14H19BrN4O/c1-18(2)13-12(3-11(15)6-17-13)14(20)19-7-9-4-16-5-10(9)8-19/h3,6,9-10,16H,4-5,7-8H2,1-2H3/t9-,10+. The van der Waals surface area contributed by atoms with Crippen molar-refractivity contribution in [3.8, 4) is 0 Å². The first-order valence-corrected chi connectivity index (χ1v) is 7.68. The highest BCUT2D eigenvalue weighted by Gasteiger charge is 2.38. The van der Waals surface area contributed by atoms with E-state index in [0.29, 0.717) is 17.4 Å². The van der Waals surface area contributed by atoms with Gasteiger partial charge >= 0.3 is 0 Å². The number of halogens is 1. The van der Waals surface area contributed by atoms with Crippen LogP contribution >= 0.6 is 15.9 Å². The van der Waals surface area contributed by atoms with Crippen molar-refractivity contribution < 1.29 is 4.79 Å². The maximum Gasteiger partial charge on any atom is 0.257 e. The van der Waals surface area contributed by atoms with E-state index < -0.39 is 0 Å². The molecule has 0 unspecified atom stereocenters. The van der Waals surface area contributed by atoms with Gasteiger partial charge in [-0.05, 0) is 33.8 Å². The zero-order valence-corrected chi connectivity index (χ0v) is 13.4. The van der Waals surface area contributed by atoms with Gasteiger partial charge in [-0.1, -0.05) is 0 Å². The molecule has 2 atom stereocenters. The molecule has 0 radical (unpaired) electrons. The molecule has 2 aliphatic heterocycles. The van der Waals surface area contributed by atoms with Crippen LogP contribution in [0.4, 0.5) is 5.82 Å². The van der Waals surface area contributed by atoms with Crippen LogP contribution in [0.3, 0.4) is 0 Å². The molecule has 1 N–H and O–H groups in total. The summed E-state index contributed by atoms with van der Waals surface area (Å²) in [6.45, 7) is 3.78. The van der Waals surface area contributed by atoms with Crippen LogP contribution in [0, 0.1) is 11.8 Å². The monoisotopic (exact) mass is 338 g/mol. The predicted molar refractivity (Wildman–Crippen MR) is 82.0 cm³/mol. The minimum atomic E-state index is 0.0944. The predicted octanol–water partition coefficient (Wildman–Crippen LogP) is 1.20. The van der Waals surface area contributed by atoms with Gasteiger partial charge in [0.05, 0.1) is 5.56 Å². The number of hydrogen-bond donors (Lipinski definition) is 1. The Morgan fingerprint density at radius 2 is 2.05 bits per heavy atom. The van der Waals surface area contributed by atoms with Crippen molar-refractivity contribution >= 4 is 27.7 Å². The van der Waals surface area contributed by atoms with Gasteiger partial charge in [0, 0.05) is 50.9 Å². The van der Waals surface area contributed by atoms with E-state index >= 15 is 0 Å². The summed E-state index contributed by atoms with van der Waals surface area (Å²) in [7, 11) is 3.82. The van der Waals surface area contributed by atoms with Crippen LogP contribution in [-0.2, 0) is 0 Å². The number of fused-ring (bicyclic) bond motifs is 1. The number of anilines is 1. The first-order chi connectivity index (χ1) is 9.56. The highest BCUT2D eigenvalue weighted by atomic mass is 79.9. The number of amides is 1. The van der Waals surface area contributed by atoms with Crippen LogP contribution in [-0.4, -0.2) is 56.1 Å². The third-order valence-electron chi connectivity index (χ3n) is 4.16. The lowest BCUT2D eigenvalue weighted by Crippen LogP contribution is -2.33. The van der Waals surface area contributed by atoms with E-state index in [1.165, 1.54) is 0 Å². The van der Waals surface area contributed by atoms with Gasteiger partial charge in [0.1, 0.15) is 5.82 Å². The average molecular weight is 339 g/mol. The van der Waals surface area contributed by atoms with Crippen molar-refractivity contribution in [2.24, 2.45) is 11.8 Å². The second-order valence-corrected chi connectivity index (χ2v) is 6.72. The third-order valence-corrected chi connectivity index (χ3v) is 4.60. The molecule has 1 amide bonds. The molecule has 108 valence electrons. The molecule has 3 rings (SSSR count). The van der Waals surface area contributed by atoms with Crippen molar-refractivity contribution in [3.63, 3.8) is 0 Å². The highest BCUT2D eigenvalue weighted by Crippen LogP contribution is 2.29. The first kappa shape index (κ1) is 13.8. The van der Waals surface area contributed by atoms with Crippen LogP contribution in [0.5, 0.6) is 0 Å². The Morgan fingerprint density at radius 3 is 2.65 bits per heavy atom. The third kappa shape index (κ3) is 2.42. The molecule has 1 aromatic rings. The van der Waals surface area contributed by atoms with E-state index in [9.17, 15) is 4.79 Å². The number of pyridine rings is 1. The zero-order chi connectivity index (χ0) is 14.3. The van der Waals surface area contributed by atoms with Gasteiger partial charge < -0.3 is 15.1 Å². The number of nitrogens with zero attached hydrogens (tertiary/aromatic N) is 3. The van der Waals surface area contributed by atoms with Gasteiger partial charge in [-0.15, -0.1) is 0 Å². The lowest BCUT2D eigenvalue weighted by Gasteiger charge is -2.21. The molecule has 6 heteroatoms. The van der Waals surface area contributed by atoms with Gasteiger partial charge in [-0.3, -0.25) is 4.79 Å². The first-order valence-electron chi connectivity index (χ1n) is 6.89. The van der Waals surface area contributed by atoms with Crippen molar-refractivity contribution in [1.29, 1.82) is 0 Å². The normalized spacial score (nSPS) is 24.9. The Labute approximate surface area is 127 Å². The van der Waals surface area contributed by atoms with Crippen molar-refractivity contribution in [2.75, 3.05) is 45.2 Å². The summed E-state index contributed by atoms with van der Waals surface area (Å²) in [4.78, 5) is 21.0. The number of likely N-dealkylation sites (tertiary alicyclic amines) is 1. The molecule has 0 bridgehead atoms. The van der Waals surface area contributed by atoms with E-state index in [0.717, 1.165) is 36.5 Å². The van der Waals surface area contributed by atoms with Crippen molar-refractivity contribution in [1.82, 2.24) is 15.2 Å². The average Bonchev–Trinajstić information content (AvgIpc) is 2.97. The van der Waals surface area contributed by atoms with Gasteiger partial charge in [0.15, 0.2) is 0 Å². The van der Waals surface area contributed by atoms with Crippen LogP contribution in [0.1, 0.15) is 10.4 Å². The maximum atomic E-state index is 12.8. The molecule has 0 saturated carbocycles. The van der Waals surface area contributed by atoms with E-state index in [1.807, 2.05) is 30.0 Å². The lowest BCUT2D eigenvalue weighted by atomic mass is 10.0. The van der Waals surface area contributed by atoms with Gasteiger partial charge in [0.25, 0.3) is 5.91 Å². The Kier molecular flexibility index (Phi) is 3.69. The molecule has 3 heterocycles. The number of hydrogen-bond acceptors (Lipinski definition) is 4. The Balaban J connectivity index is 1.85. The molecule has 2 aliphatic rings. The Hall–Kier alpha value is -1.14. The Bertz CT molecular complexity index is 522.